The van der Waals surface area contributed by atoms with E-state index in [-0.39, 0.29) is 0 Å². The van der Waals surface area contributed by atoms with E-state index in [1.165, 1.54) is 6.33 Å². The summed E-state index contributed by atoms with van der Waals surface area (Å²) in [6, 6.07) is 2.05. The Morgan fingerprint density at radius 2 is 2.38 bits per heavy atom. The maximum atomic E-state index is 4.34. The van der Waals surface area contributed by atoms with Gasteiger partial charge >= 0.3 is 0 Å². The van der Waals surface area contributed by atoms with E-state index >= 15 is 0 Å². The maximum absolute atomic E-state index is 4.34. The van der Waals surface area contributed by atoms with Gasteiger partial charge in [0.15, 0.2) is 0 Å². The van der Waals surface area contributed by atoms with E-state index in [1.54, 1.807) is 16.3 Å². The Balaban J connectivity index is 2.70. The average Bonchev–Trinajstić information content (AvgIpc) is 2.63. The third-order valence-electron chi connectivity index (χ3n) is 1.84. The van der Waals surface area contributed by atoms with Crippen LogP contribution in [0.4, 0.5) is 0 Å². The van der Waals surface area contributed by atoms with Gasteiger partial charge < -0.3 is 0 Å². The highest BCUT2D eigenvalue weighted by atomic mass is 32.2. The molecule has 13 heavy (non-hydrogen) atoms. The van der Waals surface area contributed by atoms with Gasteiger partial charge in [-0.2, -0.15) is 14.6 Å². The third-order valence-corrected chi connectivity index (χ3v) is 2.55. The first-order valence-electron chi connectivity index (χ1n) is 4.08. The van der Waals surface area contributed by atoms with Gasteiger partial charge in [-0.15, -0.1) is 11.8 Å². The zero-order valence-electron chi connectivity index (χ0n) is 7.56. The largest absolute Gasteiger partial charge is 0.253 e. The van der Waals surface area contributed by atoms with Crippen molar-refractivity contribution in [1.82, 2.24) is 19.6 Å². The third kappa shape index (κ3) is 1.39. The zero-order valence-corrected chi connectivity index (χ0v) is 8.38. The number of hydrogen-bond acceptors (Lipinski definition) is 4. The molecule has 68 valence electrons. The standard InChI is InChI=1S/C8H10N4S/c1-3-6-4-7(13-2)12-8(11-6)9-5-10-12/h4-5H,3H2,1-2H3. The summed E-state index contributed by atoms with van der Waals surface area (Å²) in [5.74, 6) is 0.684. The molecule has 0 N–H and O–H groups in total. The van der Waals surface area contributed by atoms with Gasteiger partial charge in [-0.25, -0.2) is 4.98 Å². The molecule has 0 aliphatic rings. The van der Waals surface area contributed by atoms with Gasteiger partial charge in [0.05, 0.1) is 0 Å². The van der Waals surface area contributed by atoms with E-state index in [0.29, 0.717) is 5.78 Å². The highest BCUT2D eigenvalue weighted by molar-refractivity contribution is 7.98. The molecule has 2 heterocycles. The first kappa shape index (κ1) is 8.50. The molecule has 2 aromatic rings. The molecule has 0 spiro atoms. The fourth-order valence-electron chi connectivity index (χ4n) is 1.16. The van der Waals surface area contributed by atoms with E-state index < -0.39 is 0 Å². The molecule has 0 saturated carbocycles. The van der Waals surface area contributed by atoms with Crippen LogP contribution in [0.1, 0.15) is 12.6 Å². The molecule has 0 amide bonds. The van der Waals surface area contributed by atoms with Crippen LogP contribution in [0.15, 0.2) is 17.4 Å². The normalized spacial score (nSPS) is 10.9. The van der Waals surface area contributed by atoms with Crippen LogP contribution in [0, 0.1) is 0 Å². The molecule has 0 aliphatic carbocycles. The number of aryl methyl sites for hydroxylation is 1. The minimum absolute atomic E-state index is 0.684. The summed E-state index contributed by atoms with van der Waals surface area (Å²) in [4.78, 5) is 8.40. The fourth-order valence-corrected chi connectivity index (χ4v) is 1.71. The van der Waals surface area contributed by atoms with Crippen molar-refractivity contribution in [3.63, 3.8) is 0 Å². The van der Waals surface area contributed by atoms with E-state index in [4.69, 9.17) is 0 Å². The van der Waals surface area contributed by atoms with Crippen molar-refractivity contribution in [2.24, 2.45) is 0 Å². The summed E-state index contributed by atoms with van der Waals surface area (Å²) in [7, 11) is 0. The van der Waals surface area contributed by atoms with Crippen LogP contribution >= 0.6 is 11.8 Å². The summed E-state index contributed by atoms with van der Waals surface area (Å²) in [5, 5.41) is 5.17. The van der Waals surface area contributed by atoms with Gasteiger partial charge in [0.25, 0.3) is 5.78 Å². The second-order valence-electron chi connectivity index (χ2n) is 2.62. The van der Waals surface area contributed by atoms with Crippen molar-refractivity contribution in [1.29, 1.82) is 0 Å². The van der Waals surface area contributed by atoms with Crippen LogP contribution in [-0.4, -0.2) is 25.8 Å². The molecule has 2 aromatic heterocycles. The van der Waals surface area contributed by atoms with Gasteiger partial charge in [-0.3, -0.25) is 0 Å². The number of thioether (sulfide) groups is 1. The van der Waals surface area contributed by atoms with Gasteiger partial charge in [0.1, 0.15) is 11.4 Å². The number of aromatic nitrogens is 4. The van der Waals surface area contributed by atoms with Crippen molar-refractivity contribution >= 4 is 17.5 Å². The Morgan fingerprint density at radius 1 is 1.54 bits per heavy atom. The number of hydrogen-bond donors (Lipinski definition) is 0. The summed E-state index contributed by atoms with van der Waals surface area (Å²) in [6.45, 7) is 2.08. The van der Waals surface area contributed by atoms with Gasteiger partial charge in [0, 0.05) is 5.69 Å². The average molecular weight is 194 g/mol. The van der Waals surface area contributed by atoms with Gasteiger partial charge in [-0.1, -0.05) is 6.92 Å². The lowest BCUT2D eigenvalue weighted by Gasteiger charge is -2.01. The van der Waals surface area contributed by atoms with Crippen LogP contribution in [0.5, 0.6) is 0 Å². The van der Waals surface area contributed by atoms with Crippen LogP contribution < -0.4 is 0 Å². The second-order valence-corrected chi connectivity index (χ2v) is 3.44. The van der Waals surface area contributed by atoms with E-state index in [0.717, 1.165) is 17.1 Å². The summed E-state index contributed by atoms with van der Waals surface area (Å²) < 4.78 is 1.75. The van der Waals surface area contributed by atoms with Gasteiger partial charge in [0.2, 0.25) is 0 Å². The highest BCUT2D eigenvalue weighted by Gasteiger charge is 2.04. The van der Waals surface area contributed by atoms with Crippen LogP contribution in [0.25, 0.3) is 5.78 Å². The van der Waals surface area contributed by atoms with Crippen LogP contribution in [0.3, 0.4) is 0 Å². The van der Waals surface area contributed by atoms with Crippen molar-refractivity contribution in [2.45, 2.75) is 18.4 Å². The first-order chi connectivity index (χ1) is 6.35. The molecular weight excluding hydrogens is 184 g/mol. The molecule has 0 radical (unpaired) electrons. The molecule has 4 nitrogen and oxygen atoms in total. The minimum Gasteiger partial charge on any atom is -0.216 e. The SMILES string of the molecule is CCc1cc(SC)n2ncnc2n1. The van der Waals surface area contributed by atoms with Crippen molar-refractivity contribution in [3.05, 3.63) is 18.1 Å². The number of fused-ring (bicyclic) bond motifs is 1. The molecule has 0 fully saturated rings. The van der Waals surface area contributed by atoms with Crippen LogP contribution in [-0.2, 0) is 6.42 Å². The Kier molecular flexibility index (Phi) is 2.18. The quantitative estimate of drug-likeness (QED) is 0.535. The van der Waals surface area contributed by atoms with Gasteiger partial charge in [-0.05, 0) is 18.7 Å². The van der Waals surface area contributed by atoms with Crippen molar-refractivity contribution in [2.75, 3.05) is 6.26 Å². The van der Waals surface area contributed by atoms with E-state index in [1.807, 2.05) is 12.3 Å². The zero-order chi connectivity index (χ0) is 9.26. The highest BCUT2D eigenvalue weighted by Crippen LogP contribution is 2.15. The van der Waals surface area contributed by atoms with E-state index in [2.05, 4.69) is 22.0 Å². The topological polar surface area (TPSA) is 43.1 Å². The molecule has 0 saturated heterocycles. The Bertz CT molecular complexity index is 423. The van der Waals surface area contributed by atoms with Crippen LogP contribution in [0.2, 0.25) is 0 Å². The summed E-state index contributed by atoms with van der Waals surface area (Å²) in [5.41, 5.74) is 1.06. The fraction of sp³-hybridized carbons (Fsp3) is 0.375. The lowest BCUT2D eigenvalue weighted by Crippen LogP contribution is -1.98. The summed E-state index contributed by atoms with van der Waals surface area (Å²) in [6.07, 6.45) is 4.48. The molecule has 0 atom stereocenters. The molecule has 0 aromatic carbocycles. The Labute approximate surface area is 80.4 Å². The molecule has 0 unspecified atom stereocenters. The lowest BCUT2D eigenvalue weighted by molar-refractivity contribution is 0.824. The monoisotopic (exact) mass is 194 g/mol. The predicted molar refractivity (Wildman–Crippen MR) is 51.9 cm³/mol. The number of nitrogens with zero attached hydrogens (tertiary/aromatic N) is 4. The smallest absolute Gasteiger partial charge is 0.216 e. The molecule has 0 aliphatic heterocycles. The second kappa shape index (κ2) is 3.33. The number of rotatable bonds is 2. The predicted octanol–water partition coefficient (Wildman–Crippen LogP) is 1.41. The van der Waals surface area contributed by atoms with Crippen molar-refractivity contribution < 1.29 is 0 Å². The molecule has 5 heteroatoms. The van der Waals surface area contributed by atoms with E-state index in [9.17, 15) is 0 Å². The molecule has 2 rings (SSSR count). The summed E-state index contributed by atoms with van der Waals surface area (Å²) >= 11 is 1.65. The molecule has 0 bridgehead atoms. The lowest BCUT2D eigenvalue weighted by atomic mass is 10.3. The maximum Gasteiger partial charge on any atom is 0.253 e. The Morgan fingerprint density at radius 3 is 3.08 bits per heavy atom. The van der Waals surface area contributed by atoms with Crippen molar-refractivity contribution in [3.8, 4) is 0 Å². The first-order valence-corrected chi connectivity index (χ1v) is 5.31. The molecular formula is C8H10N4S. The minimum atomic E-state index is 0.684. The Hall–Kier alpha value is -1.10.